The van der Waals surface area contributed by atoms with Crippen LogP contribution in [0.1, 0.15) is 72.6 Å². The molecule has 0 aliphatic heterocycles. The average Bonchev–Trinajstić information content (AvgIpc) is 2.86. The summed E-state index contributed by atoms with van der Waals surface area (Å²) in [6.07, 6.45) is 9.41. The van der Waals surface area contributed by atoms with Gasteiger partial charge in [0.1, 0.15) is 0 Å². The summed E-state index contributed by atoms with van der Waals surface area (Å²) in [5.41, 5.74) is 2.82. The molecular weight excluding hydrogens is 299 g/mol. The Morgan fingerprint density at radius 3 is 2.62 bits per heavy atom. The molecule has 0 aromatic heterocycles. The largest absolute Gasteiger partial charge is 0.295 e. The highest BCUT2D eigenvalue weighted by molar-refractivity contribution is 5.92. The van der Waals surface area contributed by atoms with Crippen LogP contribution >= 0.6 is 0 Å². The van der Waals surface area contributed by atoms with Crippen molar-refractivity contribution in [2.24, 2.45) is 34.5 Å². The Morgan fingerprint density at radius 1 is 1.17 bits per heavy atom. The minimum absolute atomic E-state index is 0.0812. The molecule has 6 atom stereocenters. The molecule has 0 heterocycles. The Morgan fingerprint density at radius 2 is 1.92 bits per heavy atom. The van der Waals surface area contributed by atoms with Crippen LogP contribution in [-0.4, -0.2) is 5.78 Å². The van der Waals surface area contributed by atoms with E-state index in [1.165, 1.54) is 18.4 Å². The van der Waals surface area contributed by atoms with Gasteiger partial charge in [0.05, 0.1) is 5.83 Å². The lowest BCUT2D eigenvalue weighted by Gasteiger charge is -2.59. The van der Waals surface area contributed by atoms with Gasteiger partial charge in [0.25, 0.3) is 0 Å². The molecule has 4 aliphatic rings. The number of halogens is 1. The predicted molar refractivity (Wildman–Crippen MR) is 95.1 cm³/mol. The second kappa shape index (κ2) is 5.29. The lowest BCUT2D eigenvalue weighted by molar-refractivity contribution is -0.119. The van der Waals surface area contributed by atoms with Crippen LogP contribution in [0.4, 0.5) is 4.39 Å². The van der Waals surface area contributed by atoms with E-state index in [1.807, 2.05) is 6.08 Å². The van der Waals surface area contributed by atoms with E-state index in [0.29, 0.717) is 35.9 Å². The zero-order chi connectivity index (χ0) is 17.3. The molecule has 3 unspecified atom stereocenters. The van der Waals surface area contributed by atoms with Crippen molar-refractivity contribution in [1.29, 1.82) is 0 Å². The van der Waals surface area contributed by atoms with Gasteiger partial charge in [-0.05, 0) is 91.6 Å². The molecule has 0 aromatic carbocycles. The lowest BCUT2D eigenvalue weighted by Crippen LogP contribution is -2.52. The van der Waals surface area contributed by atoms with Crippen LogP contribution in [-0.2, 0) is 4.79 Å². The van der Waals surface area contributed by atoms with Crippen LogP contribution in [0.3, 0.4) is 0 Å². The molecule has 132 valence electrons. The fourth-order valence-corrected chi connectivity index (χ4v) is 7.32. The van der Waals surface area contributed by atoms with E-state index in [0.717, 1.165) is 31.3 Å². The summed E-state index contributed by atoms with van der Waals surface area (Å²) in [5, 5.41) is 0. The number of hydrogen-bond acceptors (Lipinski definition) is 1. The summed E-state index contributed by atoms with van der Waals surface area (Å²) in [5.74, 6) is 2.88. The van der Waals surface area contributed by atoms with Crippen molar-refractivity contribution in [3.05, 3.63) is 23.0 Å². The molecule has 0 saturated heterocycles. The maximum Gasteiger partial charge on any atom is 0.155 e. The highest BCUT2D eigenvalue weighted by Crippen LogP contribution is 2.67. The van der Waals surface area contributed by atoms with Crippen molar-refractivity contribution >= 4 is 5.78 Å². The van der Waals surface area contributed by atoms with Gasteiger partial charge >= 0.3 is 0 Å². The van der Waals surface area contributed by atoms with Crippen molar-refractivity contribution in [2.45, 2.75) is 72.6 Å². The second-order valence-electron chi connectivity index (χ2n) is 9.45. The Labute approximate surface area is 145 Å². The number of hydrogen-bond donors (Lipinski definition) is 0. The minimum atomic E-state index is 0.0812. The Kier molecular flexibility index (Phi) is 3.64. The van der Waals surface area contributed by atoms with Crippen LogP contribution in [0.2, 0.25) is 0 Å². The van der Waals surface area contributed by atoms with E-state index in [-0.39, 0.29) is 16.7 Å². The quantitative estimate of drug-likeness (QED) is 0.532. The maximum atomic E-state index is 14.1. The van der Waals surface area contributed by atoms with Crippen molar-refractivity contribution in [3.63, 3.8) is 0 Å². The number of allylic oxidation sites excluding steroid dienone is 3. The Balaban J connectivity index is 1.73. The molecule has 0 bridgehead atoms. The average molecular weight is 330 g/mol. The number of carbonyl (C=O) groups is 1. The summed E-state index contributed by atoms with van der Waals surface area (Å²) < 4.78 is 14.1. The van der Waals surface area contributed by atoms with E-state index in [2.05, 4.69) is 20.8 Å². The van der Waals surface area contributed by atoms with Gasteiger partial charge in [-0.1, -0.05) is 26.3 Å². The number of carbonyl (C=O) groups excluding carboxylic acids is 1. The van der Waals surface area contributed by atoms with Crippen LogP contribution in [0.25, 0.3) is 0 Å². The van der Waals surface area contributed by atoms with Gasteiger partial charge < -0.3 is 0 Å². The molecule has 3 saturated carbocycles. The maximum absolute atomic E-state index is 14.1. The number of fused-ring (bicyclic) bond motifs is 5. The molecule has 3 fully saturated rings. The fourth-order valence-electron chi connectivity index (χ4n) is 7.32. The smallest absolute Gasteiger partial charge is 0.155 e. The summed E-state index contributed by atoms with van der Waals surface area (Å²) in [4.78, 5) is 12.1. The third-order valence-corrected chi connectivity index (χ3v) is 8.71. The third kappa shape index (κ3) is 2.01. The molecule has 0 aromatic rings. The van der Waals surface area contributed by atoms with E-state index in [4.69, 9.17) is 0 Å². The lowest BCUT2D eigenvalue weighted by atomic mass is 9.45. The van der Waals surface area contributed by atoms with Gasteiger partial charge in [-0.15, -0.1) is 0 Å². The molecule has 4 rings (SSSR count). The molecule has 0 radical (unpaired) electrons. The number of ketones is 1. The van der Waals surface area contributed by atoms with Gasteiger partial charge in [0.2, 0.25) is 0 Å². The molecule has 1 nitrogen and oxygen atoms in total. The zero-order valence-electron chi connectivity index (χ0n) is 15.6. The van der Waals surface area contributed by atoms with E-state index < -0.39 is 0 Å². The highest BCUT2D eigenvalue weighted by Gasteiger charge is 2.59. The van der Waals surface area contributed by atoms with Gasteiger partial charge in [-0.2, -0.15) is 0 Å². The first-order valence-corrected chi connectivity index (χ1v) is 9.88. The topological polar surface area (TPSA) is 17.1 Å². The molecule has 0 amide bonds. The van der Waals surface area contributed by atoms with Gasteiger partial charge in [-0.25, -0.2) is 4.39 Å². The minimum Gasteiger partial charge on any atom is -0.295 e. The van der Waals surface area contributed by atoms with E-state index in [9.17, 15) is 9.18 Å². The molecular formula is C22H31FO. The molecule has 24 heavy (non-hydrogen) atoms. The van der Waals surface area contributed by atoms with Crippen molar-refractivity contribution < 1.29 is 9.18 Å². The number of rotatable bonds is 0. The van der Waals surface area contributed by atoms with Gasteiger partial charge in [0, 0.05) is 6.42 Å². The van der Waals surface area contributed by atoms with E-state index in [1.54, 1.807) is 6.92 Å². The Bertz CT molecular complexity index is 640. The van der Waals surface area contributed by atoms with Crippen molar-refractivity contribution in [3.8, 4) is 0 Å². The van der Waals surface area contributed by atoms with Crippen molar-refractivity contribution in [2.75, 3.05) is 0 Å². The molecule has 2 heteroatoms. The monoisotopic (exact) mass is 330 g/mol. The third-order valence-electron chi connectivity index (χ3n) is 8.71. The predicted octanol–water partition coefficient (Wildman–Crippen LogP) is 6.01. The second-order valence-corrected chi connectivity index (χ2v) is 9.45. The first-order valence-electron chi connectivity index (χ1n) is 9.88. The molecule has 0 N–H and O–H groups in total. The highest BCUT2D eigenvalue weighted by atomic mass is 19.1. The van der Waals surface area contributed by atoms with Crippen LogP contribution in [0.15, 0.2) is 23.0 Å². The zero-order valence-corrected chi connectivity index (χ0v) is 15.6. The summed E-state index contributed by atoms with van der Waals surface area (Å²) in [6.45, 7) is 8.71. The van der Waals surface area contributed by atoms with Crippen LogP contribution in [0, 0.1) is 34.5 Å². The standard InChI is InChI=1S/C22H31FO/c1-13-11-16(24)12-15-5-6-17-19-8-7-18(14(2)23)21(19,3)10-9-20(17)22(13,15)4/h12-13,17,19-20H,5-11H2,1-4H3/t13-,17?,19?,20?,21+,22-/m0/s1. The summed E-state index contributed by atoms with van der Waals surface area (Å²) in [6, 6.07) is 0. The first-order chi connectivity index (χ1) is 11.3. The molecule has 4 aliphatic carbocycles. The van der Waals surface area contributed by atoms with E-state index >= 15 is 0 Å². The molecule has 0 spiro atoms. The van der Waals surface area contributed by atoms with Crippen LogP contribution < -0.4 is 0 Å². The SMILES string of the molecule is CC(F)=C1CCC2C3CCC4=CC(=O)C[C@H](C)[C@]4(C)C3CC[C@]12C. The summed E-state index contributed by atoms with van der Waals surface area (Å²) in [7, 11) is 0. The fraction of sp³-hybridized carbons (Fsp3) is 0.773. The van der Waals surface area contributed by atoms with Crippen molar-refractivity contribution in [1.82, 2.24) is 0 Å². The first kappa shape index (κ1) is 16.5. The van der Waals surface area contributed by atoms with Gasteiger partial charge in [0.15, 0.2) is 5.78 Å². The Hall–Kier alpha value is -0.920. The summed E-state index contributed by atoms with van der Waals surface area (Å²) >= 11 is 0. The van der Waals surface area contributed by atoms with Crippen LogP contribution in [0.5, 0.6) is 0 Å². The van der Waals surface area contributed by atoms with Gasteiger partial charge in [-0.3, -0.25) is 4.79 Å². The normalized spacial score (nSPS) is 49.9.